The highest BCUT2D eigenvalue weighted by atomic mass is 16.5. The molecule has 0 atom stereocenters. The number of nitrogens with one attached hydrogen (secondary N) is 1. The number of aromatic nitrogens is 2. The standard InChI is InChI=1S/C16H19N3O2/c1-2-3-7-15-13(9-17-10-16-18-11-20-19-16)12-6-4-5-8-14(12)21-15/h4-6,8,11,17H,2-3,7,9-10H2,1H3. The van der Waals surface area contributed by atoms with Crippen molar-refractivity contribution >= 4 is 11.0 Å². The first-order chi connectivity index (χ1) is 10.4. The lowest BCUT2D eigenvalue weighted by molar-refractivity contribution is 0.407. The van der Waals surface area contributed by atoms with E-state index in [4.69, 9.17) is 8.94 Å². The Bertz CT molecular complexity index is 689. The largest absolute Gasteiger partial charge is 0.461 e. The van der Waals surface area contributed by atoms with Crippen molar-refractivity contribution in [3.8, 4) is 0 Å². The number of fused-ring (bicyclic) bond motifs is 1. The summed E-state index contributed by atoms with van der Waals surface area (Å²) in [5, 5.41) is 8.34. The first kappa shape index (κ1) is 13.8. The van der Waals surface area contributed by atoms with Gasteiger partial charge in [-0.1, -0.05) is 36.7 Å². The van der Waals surface area contributed by atoms with E-state index in [1.807, 2.05) is 18.2 Å². The molecular formula is C16H19N3O2. The summed E-state index contributed by atoms with van der Waals surface area (Å²) < 4.78 is 10.7. The lowest BCUT2D eigenvalue weighted by atomic mass is 10.1. The summed E-state index contributed by atoms with van der Waals surface area (Å²) in [5.41, 5.74) is 2.20. The third-order valence-electron chi connectivity index (χ3n) is 3.53. The van der Waals surface area contributed by atoms with Crippen LogP contribution in [0.25, 0.3) is 11.0 Å². The number of unbranched alkanes of at least 4 members (excludes halogenated alkanes) is 1. The predicted octanol–water partition coefficient (Wildman–Crippen LogP) is 3.45. The van der Waals surface area contributed by atoms with Gasteiger partial charge in [-0.2, -0.15) is 4.98 Å². The minimum absolute atomic E-state index is 0.587. The molecule has 3 aromatic rings. The van der Waals surface area contributed by atoms with E-state index in [0.29, 0.717) is 12.4 Å². The molecule has 21 heavy (non-hydrogen) atoms. The topological polar surface area (TPSA) is 64.1 Å². The van der Waals surface area contributed by atoms with Gasteiger partial charge >= 0.3 is 0 Å². The van der Waals surface area contributed by atoms with Crippen LogP contribution in [-0.4, -0.2) is 10.1 Å². The van der Waals surface area contributed by atoms with Crippen LogP contribution in [0.4, 0.5) is 0 Å². The van der Waals surface area contributed by atoms with Crippen LogP contribution in [0.1, 0.15) is 36.9 Å². The van der Waals surface area contributed by atoms with Crippen molar-refractivity contribution in [2.75, 3.05) is 0 Å². The number of nitrogens with zero attached hydrogens (tertiary/aromatic N) is 2. The number of para-hydroxylation sites is 1. The van der Waals surface area contributed by atoms with E-state index >= 15 is 0 Å². The SMILES string of the molecule is CCCCc1oc2ccccc2c1CNCc1ncon1. The Hall–Kier alpha value is -2.14. The Morgan fingerprint density at radius 2 is 2.10 bits per heavy atom. The molecule has 0 amide bonds. The van der Waals surface area contributed by atoms with Crippen molar-refractivity contribution in [2.45, 2.75) is 39.3 Å². The summed E-state index contributed by atoms with van der Waals surface area (Å²) >= 11 is 0. The van der Waals surface area contributed by atoms with E-state index in [-0.39, 0.29) is 0 Å². The maximum Gasteiger partial charge on any atom is 0.213 e. The fourth-order valence-electron chi connectivity index (χ4n) is 2.45. The monoisotopic (exact) mass is 285 g/mol. The van der Waals surface area contributed by atoms with E-state index in [1.54, 1.807) is 0 Å². The second kappa shape index (κ2) is 6.54. The molecule has 0 spiro atoms. The molecule has 0 unspecified atom stereocenters. The molecule has 1 N–H and O–H groups in total. The number of hydrogen-bond acceptors (Lipinski definition) is 5. The minimum Gasteiger partial charge on any atom is -0.461 e. The molecule has 0 fully saturated rings. The molecule has 3 rings (SSSR count). The average Bonchev–Trinajstić information content (AvgIpc) is 3.13. The summed E-state index contributed by atoms with van der Waals surface area (Å²) in [5.74, 6) is 1.75. The van der Waals surface area contributed by atoms with E-state index < -0.39 is 0 Å². The van der Waals surface area contributed by atoms with E-state index in [9.17, 15) is 0 Å². The van der Waals surface area contributed by atoms with E-state index in [0.717, 1.165) is 37.2 Å². The third kappa shape index (κ3) is 3.13. The van der Waals surface area contributed by atoms with Gasteiger partial charge in [0, 0.05) is 23.9 Å². The second-order valence-corrected chi connectivity index (χ2v) is 5.05. The predicted molar refractivity (Wildman–Crippen MR) is 79.7 cm³/mol. The number of aryl methyl sites for hydroxylation is 1. The van der Waals surface area contributed by atoms with Gasteiger partial charge < -0.3 is 14.3 Å². The molecule has 5 nitrogen and oxygen atoms in total. The van der Waals surface area contributed by atoms with Crippen molar-refractivity contribution in [3.63, 3.8) is 0 Å². The van der Waals surface area contributed by atoms with Gasteiger partial charge in [0.2, 0.25) is 6.39 Å². The molecule has 1 aromatic carbocycles. The zero-order chi connectivity index (χ0) is 14.5. The highest BCUT2D eigenvalue weighted by molar-refractivity contribution is 5.82. The number of furan rings is 1. The molecule has 0 aliphatic heterocycles. The molecule has 5 heteroatoms. The Kier molecular flexibility index (Phi) is 4.31. The Labute approximate surface area is 123 Å². The van der Waals surface area contributed by atoms with Crippen LogP contribution < -0.4 is 5.32 Å². The normalized spacial score (nSPS) is 11.3. The Balaban J connectivity index is 1.77. The zero-order valence-electron chi connectivity index (χ0n) is 12.1. The maximum atomic E-state index is 6.00. The van der Waals surface area contributed by atoms with Crippen LogP contribution in [-0.2, 0) is 19.5 Å². The van der Waals surface area contributed by atoms with Gasteiger partial charge in [0.05, 0.1) is 6.54 Å². The summed E-state index contributed by atoms with van der Waals surface area (Å²) in [6, 6.07) is 8.18. The van der Waals surface area contributed by atoms with Crippen molar-refractivity contribution in [3.05, 3.63) is 47.8 Å². The number of hydrogen-bond donors (Lipinski definition) is 1. The Morgan fingerprint density at radius 3 is 2.90 bits per heavy atom. The van der Waals surface area contributed by atoms with Crippen LogP contribution in [0.2, 0.25) is 0 Å². The van der Waals surface area contributed by atoms with Gasteiger partial charge in [0.15, 0.2) is 5.82 Å². The Morgan fingerprint density at radius 1 is 1.19 bits per heavy atom. The molecular weight excluding hydrogens is 266 g/mol. The summed E-state index contributed by atoms with van der Waals surface area (Å²) in [7, 11) is 0. The second-order valence-electron chi connectivity index (χ2n) is 5.05. The van der Waals surface area contributed by atoms with Crippen molar-refractivity contribution in [2.24, 2.45) is 0 Å². The molecule has 0 saturated carbocycles. The molecule has 0 radical (unpaired) electrons. The fourth-order valence-corrected chi connectivity index (χ4v) is 2.45. The molecule has 110 valence electrons. The van der Waals surface area contributed by atoms with Gasteiger partial charge in [-0.3, -0.25) is 0 Å². The lowest BCUT2D eigenvalue weighted by Crippen LogP contribution is -2.14. The van der Waals surface area contributed by atoms with Crippen LogP contribution >= 0.6 is 0 Å². The van der Waals surface area contributed by atoms with Gasteiger partial charge in [-0.15, -0.1) is 0 Å². The molecule has 0 bridgehead atoms. The molecule has 0 aliphatic carbocycles. The van der Waals surface area contributed by atoms with Crippen LogP contribution in [0.5, 0.6) is 0 Å². The average molecular weight is 285 g/mol. The molecule has 0 aliphatic rings. The molecule has 2 heterocycles. The van der Waals surface area contributed by atoms with Crippen molar-refractivity contribution in [1.29, 1.82) is 0 Å². The quantitative estimate of drug-likeness (QED) is 0.720. The zero-order valence-corrected chi connectivity index (χ0v) is 12.1. The van der Waals surface area contributed by atoms with Crippen molar-refractivity contribution in [1.82, 2.24) is 15.5 Å². The summed E-state index contributed by atoms with van der Waals surface area (Å²) in [4.78, 5) is 4.01. The maximum absolute atomic E-state index is 6.00. The van der Waals surface area contributed by atoms with Crippen LogP contribution in [0.3, 0.4) is 0 Å². The summed E-state index contributed by atoms with van der Waals surface area (Å²) in [6.45, 7) is 3.52. The third-order valence-corrected chi connectivity index (χ3v) is 3.53. The van der Waals surface area contributed by atoms with Gasteiger partial charge in [-0.25, -0.2) is 0 Å². The highest BCUT2D eigenvalue weighted by Gasteiger charge is 2.13. The first-order valence-electron chi connectivity index (χ1n) is 7.33. The van der Waals surface area contributed by atoms with Crippen LogP contribution in [0, 0.1) is 0 Å². The highest BCUT2D eigenvalue weighted by Crippen LogP contribution is 2.27. The number of rotatable bonds is 7. The van der Waals surface area contributed by atoms with Crippen LogP contribution in [0.15, 0.2) is 39.6 Å². The first-order valence-corrected chi connectivity index (χ1v) is 7.33. The van der Waals surface area contributed by atoms with Gasteiger partial charge in [0.25, 0.3) is 0 Å². The smallest absolute Gasteiger partial charge is 0.213 e. The van der Waals surface area contributed by atoms with E-state index in [2.05, 4.69) is 28.4 Å². The van der Waals surface area contributed by atoms with Gasteiger partial charge in [0.1, 0.15) is 11.3 Å². The van der Waals surface area contributed by atoms with E-state index in [1.165, 1.54) is 17.3 Å². The summed E-state index contributed by atoms with van der Waals surface area (Å²) in [6.07, 6.45) is 4.62. The molecule has 0 saturated heterocycles. The lowest BCUT2D eigenvalue weighted by Gasteiger charge is -2.04. The number of benzene rings is 1. The minimum atomic E-state index is 0.587. The fraction of sp³-hybridized carbons (Fsp3) is 0.375. The van der Waals surface area contributed by atoms with Gasteiger partial charge in [-0.05, 0) is 12.5 Å². The van der Waals surface area contributed by atoms with Crippen molar-refractivity contribution < 1.29 is 8.94 Å². The molecule has 2 aromatic heterocycles.